The molecule has 11 rings (SSSR count). The van der Waals surface area contributed by atoms with E-state index in [1.54, 1.807) is 0 Å². The minimum absolute atomic E-state index is 0.638. The van der Waals surface area contributed by atoms with Gasteiger partial charge in [-0.2, -0.15) is 0 Å². The fourth-order valence-electron chi connectivity index (χ4n) is 7.89. The summed E-state index contributed by atoms with van der Waals surface area (Å²) in [6.07, 6.45) is 2.86. The fraction of sp³-hybridized carbons (Fsp3) is 0.0204. The molecule has 4 heteroatoms. The first-order chi connectivity index (χ1) is 26.2. The van der Waals surface area contributed by atoms with Gasteiger partial charge >= 0.3 is 0 Å². The number of hydrogen-bond donors (Lipinski definition) is 0. The highest BCUT2D eigenvalue weighted by Crippen LogP contribution is 2.41. The summed E-state index contributed by atoms with van der Waals surface area (Å²) in [5.74, 6) is 0.657. The van der Waals surface area contributed by atoms with Crippen LogP contribution in [0.3, 0.4) is 0 Å². The Hall–Kier alpha value is -7.04. The lowest BCUT2D eigenvalue weighted by Gasteiger charge is -2.10. The molecule has 1 aliphatic rings. The number of allylic oxidation sites excluding steroid dienone is 1. The highest BCUT2D eigenvalue weighted by molar-refractivity contribution is 6.25. The summed E-state index contributed by atoms with van der Waals surface area (Å²) in [4.78, 5) is 10.8. The normalized spacial score (nSPS) is 13.5. The van der Waals surface area contributed by atoms with Crippen molar-refractivity contribution in [2.75, 3.05) is 0 Å². The summed E-state index contributed by atoms with van der Waals surface area (Å²) >= 11 is 0. The predicted octanol–water partition coefficient (Wildman–Crippen LogP) is 13.1. The summed E-state index contributed by atoms with van der Waals surface area (Å²) in [6, 6.07) is 57.2. The molecule has 0 unspecified atom stereocenters. The zero-order valence-electron chi connectivity index (χ0n) is 28.6. The van der Waals surface area contributed by atoms with Gasteiger partial charge in [0.2, 0.25) is 0 Å². The van der Waals surface area contributed by atoms with Gasteiger partial charge in [-0.05, 0) is 81.2 Å². The van der Waals surface area contributed by atoms with Gasteiger partial charge < -0.3 is 8.83 Å². The van der Waals surface area contributed by atoms with E-state index in [1.807, 2.05) is 24.3 Å². The Labute approximate surface area is 304 Å². The van der Waals surface area contributed by atoms with Crippen molar-refractivity contribution in [3.8, 4) is 11.1 Å². The Bertz CT molecular complexity index is 3210. The highest BCUT2D eigenvalue weighted by Gasteiger charge is 2.22. The van der Waals surface area contributed by atoms with Crippen LogP contribution in [0.15, 0.2) is 189 Å². The Morgan fingerprint density at radius 3 is 1.81 bits per heavy atom. The van der Waals surface area contributed by atoms with Gasteiger partial charge in [0, 0.05) is 44.7 Å². The maximum Gasteiger partial charge on any atom is 0.160 e. The predicted molar refractivity (Wildman–Crippen MR) is 220 cm³/mol. The summed E-state index contributed by atoms with van der Waals surface area (Å²) < 4.78 is 12.9. The minimum atomic E-state index is 0.638. The molecule has 4 nitrogen and oxygen atoms in total. The summed E-state index contributed by atoms with van der Waals surface area (Å²) in [5.41, 5.74) is 10.4. The number of furan rings is 2. The number of aliphatic imine (C=N–C) groups is 2. The SMILES string of the molecule is C1=C(c2ccc3ccccc3c2)N=C(c2ccc(-c3ccc4oc5ccccc5c4c3)c3oc4ccccc4c23)N=C(c2ccc3ccccc3c2)C1. The second-order valence-corrected chi connectivity index (χ2v) is 13.7. The van der Waals surface area contributed by atoms with Gasteiger partial charge in [0.15, 0.2) is 5.84 Å². The van der Waals surface area contributed by atoms with E-state index in [2.05, 4.69) is 146 Å². The van der Waals surface area contributed by atoms with Crippen LogP contribution in [0.4, 0.5) is 0 Å². The van der Waals surface area contributed by atoms with Gasteiger partial charge in [-0.3, -0.25) is 0 Å². The average molecular weight is 679 g/mol. The average Bonchev–Trinajstić information content (AvgIpc) is 3.70. The molecule has 1 aliphatic heterocycles. The lowest BCUT2D eigenvalue weighted by molar-refractivity contribution is 0.668. The topological polar surface area (TPSA) is 51.0 Å². The van der Waals surface area contributed by atoms with E-state index >= 15 is 0 Å². The number of fused-ring (bicyclic) bond motifs is 8. The van der Waals surface area contributed by atoms with Gasteiger partial charge in [0.1, 0.15) is 22.3 Å². The van der Waals surface area contributed by atoms with Crippen LogP contribution in [0.1, 0.15) is 23.1 Å². The first kappa shape index (κ1) is 29.7. The molecule has 248 valence electrons. The van der Waals surface area contributed by atoms with Crippen molar-refractivity contribution in [2.24, 2.45) is 9.98 Å². The number of hydrogen-bond acceptors (Lipinski definition) is 4. The molecule has 0 amide bonds. The Morgan fingerprint density at radius 1 is 0.415 bits per heavy atom. The molecular formula is C49H30N2O2. The Morgan fingerprint density at radius 2 is 1.02 bits per heavy atom. The molecule has 0 saturated heterocycles. The lowest BCUT2D eigenvalue weighted by Crippen LogP contribution is -2.05. The van der Waals surface area contributed by atoms with Crippen LogP contribution >= 0.6 is 0 Å². The first-order valence-corrected chi connectivity index (χ1v) is 17.9. The number of benzene rings is 8. The van der Waals surface area contributed by atoms with E-state index in [9.17, 15) is 0 Å². The molecule has 53 heavy (non-hydrogen) atoms. The van der Waals surface area contributed by atoms with Gasteiger partial charge in [0.05, 0.1) is 11.4 Å². The fourth-order valence-corrected chi connectivity index (χ4v) is 7.89. The van der Waals surface area contributed by atoms with Crippen LogP contribution < -0.4 is 0 Å². The zero-order valence-corrected chi connectivity index (χ0v) is 28.6. The molecule has 3 heterocycles. The van der Waals surface area contributed by atoms with Crippen LogP contribution in [-0.4, -0.2) is 11.5 Å². The Kier molecular flexibility index (Phi) is 6.58. The second-order valence-electron chi connectivity index (χ2n) is 13.7. The maximum atomic E-state index is 6.76. The molecule has 2 aromatic heterocycles. The number of para-hydroxylation sites is 2. The molecule has 0 fully saturated rings. The molecule has 0 spiro atoms. The van der Waals surface area contributed by atoms with Crippen molar-refractivity contribution in [3.05, 3.63) is 187 Å². The summed E-state index contributed by atoms with van der Waals surface area (Å²) in [6.45, 7) is 0. The maximum absolute atomic E-state index is 6.76. The molecule has 0 atom stereocenters. The van der Waals surface area contributed by atoms with Crippen LogP contribution in [0.2, 0.25) is 0 Å². The lowest BCUT2D eigenvalue weighted by atomic mass is 9.96. The minimum Gasteiger partial charge on any atom is -0.456 e. The number of rotatable bonds is 4. The summed E-state index contributed by atoms with van der Waals surface area (Å²) in [5, 5.41) is 8.96. The zero-order chi connectivity index (χ0) is 34.9. The molecular weight excluding hydrogens is 649 g/mol. The third-order valence-corrected chi connectivity index (χ3v) is 10.5. The van der Waals surface area contributed by atoms with Gasteiger partial charge in [-0.15, -0.1) is 0 Å². The quantitative estimate of drug-likeness (QED) is 0.186. The van der Waals surface area contributed by atoms with Gasteiger partial charge in [0.25, 0.3) is 0 Å². The molecule has 0 saturated carbocycles. The van der Waals surface area contributed by atoms with Crippen molar-refractivity contribution < 1.29 is 8.83 Å². The molecule has 0 aliphatic carbocycles. The van der Waals surface area contributed by atoms with E-state index < -0.39 is 0 Å². The molecule has 0 bridgehead atoms. The third kappa shape index (κ3) is 4.91. The standard InChI is InChI=1S/C49H30N2O2/c1-3-11-32-27-35(19-17-30(32)9-1)42-24-25-43(36-20-18-31-10-2-4-12-33(31)28-36)51-49(50-42)40-23-22-37(48-47(40)39-14-6-8-16-45(39)53-48)34-21-26-46-41(29-34)38-13-5-7-15-44(38)52-46/h1-24,26-29H,25H2. The van der Waals surface area contributed by atoms with Gasteiger partial charge in [-0.1, -0.05) is 121 Å². The van der Waals surface area contributed by atoms with E-state index in [0.29, 0.717) is 12.3 Å². The third-order valence-electron chi connectivity index (χ3n) is 10.5. The van der Waals surface area contributed by atoms with Crippen molar-refractivity contribution in [1.29, 1.82) is 0 Å². The first-order valence-electron chi connectivity index (χ1n) is 17.9. The smallest absolute Gasteiger partial charge is 0.160 e. The molecule has 0 N–H and O–H groups in total. The number of nitrogens with zero attached hydrogens (tertiary/aromatic N) is 2. The highest BCUT2D eigenvalue weighted by atomic mass is 16.3. The van der Waals surface area contributed by atoms with E-state index in [1.165, 1.54) is 21.5 Å². The van der Waals surface area contributed by atoms with Crippen LogP contribution in [0.5, 0.6) is 0 Å². The number of amidine groups is 1. The van der Waals surface area contributed by atoms with E-state index in [0.717, 1.165) is 83.1 Å². The molecule has 0 radical (unpaired) electrons. The van der Waals surface area contributed by atoms with Crippen LogP contribution in [-0.2, 0) is 0 Å². The van der Waals surface area contributed by atoms with Crippen LogP contribution in [0, 0.1) is 0 Å². The van der Waals surface area contributed by atoms with E-state index in [4.69, 9.17) is 18.8 Å². The van der Waals surface area contributed by atoms with E-state index in [-0.39, 0.29) is 0 Å². The molecule has 8 aromatic carbocycles. The van der Waals surface area contributed by atoms with Crippen molar-refractivity contribution in [3.63, 3.8) is 0 Å². The van der Waals surface area contributed by atoms with Crippen molar-refractivity contribution in [1.82, 2.24) is 0 Å². The monoisotopic (exact) mass is 678 g/mol. The second kappa shape index (κ2) is 11.8. The van der Waals surface area contributed by atoms with Gasteiger partial charge in [-0.25, -0.2) is 9.98 Å². The van der Waals surface area contributed by atoms with Crippen LogP contribution in [0.25, 0.3) is 82.2 Å². The van der Waals surface area contributed by atoms with Crippen molar-refractivity contribution >= 4 is 82.7 Å². The Balaban J connectivity index is 1.14. The van der Waals surface area contributed by atoms with Crippen molar-refractivity contribution in [2.45, 2.75) is 6.42 Å². The molecule has 10 aromatic rings. The largest absolute Gasteiger partial charge is 0.456 e. The summed E-state index contributed by atoms with van der Waals surface area (Å²) in [7, 11) is 0.